The first-order valence-electron chi connectivity index (χ1n) is 6.78. The highest BCUT2D eigenvalue weighted by Gasteiger charge is 2.22. The van der Waals surface area contributed by atoms with E-state index in [0.29, 0.717) is 11.6 Å². The topological polar surface area (TPSA) is 36.4 Å². The zero-order chi connectivity index (χ0) is 13.0. The molecule has 4 heteroatoms. The van der Waals surface area contributed by atoms with E-state index in [9.17, 15) is 9.50 Å². The van der Waals surface area contributed by atoms with Crippen molar-refractivity contribution in [1.29, 1.82) is 0 Å². The number of hydrogen-bond donors (Lipinski definition) is 1. The largest absolute Gasteiger partial charge is 0.392 e. The number of nitrogens with zero attached hydrogens (tertiary/aromatic N) is 2. The van der Waals surface area contributed by atoms with E-state index in [4.69, 9.17) is 0 Å². The third kappa shape index (κ3) is 2.80. The molecule has 0 aromatic carbocycles. The Bertz CT molecular complexity index is 397. The number of aromatic nitrogens is 1. The summed E-state index contributed by atoms with van der Waals surface area (Å²) in [7, 11) is 0. The maximum atomic E-state index is 13.2. The number of aliphatic hydroxyl groups is 1. The van der Waals surface area contributed by atoms with E-state index >= 15 is 0 Å². The number of hydrogen-bond acceptors (Lipinski definition) is 3. The van der Waals surface area contributed by atoms with Crippen LogP contribution in [0.1, 0.15) is 44.6 Å². The molecule has 2 rings (SSSR count). The van der Waals surface area contributed by atoms with Gasteiger partial charge in [0.2, 0.25) is 0 Å². The average Bonchev–Trinajstić information content (AvgIpc) is 2.63. The first-order chi connectivity index (χ1) is 8.76. The normalized spacial score (nSPS) is 20.8. The molecule has 1 aliphatic heterocycles. The predicted molar refractivity (Wildman–Crippen MR) is 70.0 cm³/mol. The van der Waals surface area contributed by atoms with Crippen molar-refractivity contribution in [3.63, 3.8) is 0 Å². The van der Waals surface area contributed by atoms with E-state index in [-0.39, 0.29) is 12.4 Å². The van der Waals surface area contributed by atoms with Gasteiger partial charge in [0, 0.05) is 18.2 Å². The van der Waals surface area contributed by atoms with Crippen LogP contribution in [0.4, 0.5) is 10.2 Å². The van der Waals surface area contributed by atoms with Gasteiger partial charge in [-0.3, -0.25) is 0 Å². The fourth-order valence-electron chi connectivity index (χ4n) is 2.73. The summed E-state index contributed by atoms with van der Waals surface area (Å²) in [6.45, 7) is 2.96. The lowest BCUT2D eigenvalue weighted by atomic mass is 10.1. The minimum absolute atomic E-state index is 0.160. The van der Waals surface area contributed by atoms with Gasteiger partial charge in [-0.1, -0.05) is 19.8 Å². The van der Waals surface area contributed by atoms with E-state index in [1.807, 2.05) is 0 Å². The number of rotatable bonds is 3. The maximum absolute atomic E-state index is 13.2. The van der Waals surface area contributed by atoms with Crippen LogP contribution in [0.5, 0.6) is 0 Å². The van der Waals surface area contributed by atoms with Crippen LogP contribution in [0.15, 0.2) is 12.3 Å². The maximum Gasteiger partial charge on any atom is 0.142 e. The Morgan fingerprint density at radius 2 is 2.28 bits per heavy atom. The molecule has 1 atom stereocenters. The Labute approximate surface area is 108 Å². The van der Waals surface area contributed by atoms with Crippen molar-refractivity contribution in [3.05, 3.63) is 23.6 Å². The molecule has 18 heavy (non-hydrogen) atoms. The van der Waals surface area contributed by atoms with Gasteiger partial charge in [-0.2, -0.15) is 0 Å². The van der Waals surface area contributed by atoms with Crippen molar-refractivity contribution < 1.29 is 9.50 Å². The summed E-state index contributed by atoms with van der Waals surface area (Å²) in [6, 6.07) is 1.84. The molecule has 1 N–H and O–H groups in total. The van der Waals surface area contributed by atoms with Crippen molar-refractivity contribution in [2.75, 3.05) is 11.4 Å². The van der Waals surface area contributed by atoms with Crippen LogP contribution in [-0.4, -0.2) is 22.7 Å². The zero-order valence-corrected chi connectivity index (χ0v) is 10.9. The molecule has 0 bridgehead atoms. The third-order valence-corrected chi connectivity index (χ3v) is 3.70. The van der Waals surface area contributed by atoms with E-state index in [2.05, 4.69) is 16.8 Å². The van der Waals surface area contributed by atoms with Gasteiger partial charge in [-0.15, -0.1) is 0 Å². The lowest BCUT2D eigenvalue weighted by Gasteiger charge is -2.31. The van der Waals surface area contributed by atoms with Crippen LogP contribution in [0.2, 0.25) is 0 Å². The van der Waals surface area contributed by atoms with Gasteiger partial charge in [-0.05, 0) is 25.3 Å². The lowest BCUT2D eigenvalue weighted by Crippen LogP contribution is -2.35. The molecule has 1 saturated heterocycles. The molecular formula is C14H21FN2O. The Balaban J connectivity index is 2.32. The molecule has 1 fully saturated rings. The summed E-state index contributed by atoms with van der Waals surface area (Å²) in [6.07, 6.45) is 7.07. The Morgan fingerprint density at radius 1 is 1.44 bits per heavy atom. The smallest absolute Gasteiger partial charge is 0.142 e. The number of aliphatic hydroxyl groups excluding tert-OH is 1. The van der Waals surface area contributed by atoms with Gasteiger partial charge in [0.25, 0.3) is 0 Å². The van der Waals surface area contributed by atoms with E-state index in [0.717, 1.165) is 31.6 Å². The molecule has 0 radical (unpaired) electrons. The van der Waals surface area contributed by atoms with Gasteiger partial charge >= 0.3 is 0 Å². The van der Waals surface area contributed by atoms with E-state index in [1.54, 1.807) is 0 Å². The summed E-state index contributed by atoms with van der Waals surface area (Å²) in [5.41, 5.74) is 0.593. The molecule has 100 valence electrons. The van der Waals surface area contributed by atoms with Gasteiger partial charge in [0.1, 0.15) is 11.6 Å². The fourth-order valence-corrected chi connectivity index (χ4v) is 2.73. The molecule has 1 aromatic heterocycles. The van der Waals surface area contributed by atoms with Crippen LogP contribution in [-0.2, 0) is 6.61 Å². The molecule has 0 spiro atoms. The highest BCUT2D eigenvalue weighted by atomic mass is 19.1. The van der Waals surface area contributed by atoms with Crippen molar-refractivity contribution in [2.45, 2.75) is 51.7 Å². The number of pyridine rings is 1. The van der Waals surface area contributed by atoms with Crippen LogP contribution in [0.25, 0.3) is 0 Å². The average molecular weight is 252 g/mol. The SMILES string of the molecule is CCC1CCCCCN1c1ncc(F)cc1CO. The summed E-state index contributed by atoms with van der Waals surface area (Å²) >= 11 is 0. The standard InChI is InChI=1S/C14H21FN2O/c1-2-13-6-4-3-5-7-17(13)14-11(10-18)8-12(15)9-16-14/h8-9,13,18H,2-7,10H2,1H3. The third-order valence-electron chi connectivity index (χ3n) is 3.70. The van der Waals surface area contributed by atoms with Crippen LogP contribution < -0.4 is 4.90 Å². The first-order valence-corrected chi connectivity index (χ1v) is 6.78. The minimum Gasteiger partial charge on any atom is -0.392 e. The van der Waals surface area contributed by atoms with Crippen LogP contribution in [0.3, 0.4) is 0 Å². The first kappa shape index (κ1) is 13.3. The molecule has 0 aliphatic carbocycles. The van der Waals surface area contributed by atoms with Gasteiger partial charge in [0.05, 0.1) is 12.8 Å². The second-order valence-corrected chi connectivity index (χ2v) is 4.90. The summed E-state index contributed by atoms with van der Waals surface area (Å²) < 4.78 is 13.2. The molecule has 2 heterocycles. The second kappa shape index (κ2) is 6.14. The molecule has 3 nitrogen and oxygen atoms in total. The lowest BCUT2D eigenvalue weighted by molar-refractivity contribution is 0.280. The second-order valence-electron chi connectivity index (χ2n) is 4.90. The zero-order valence-electron chi connectivity index (χ0n) is 10.9. The Morgan fingerprint density at radius 3 is 3.00 bits per heavy atom. The van der Waals surface area contributed by atoms with Crippen molar-refractivity contribution in [2.24, 2.45) is 0 Å². The molecule has 1 aromatic rings. The summed E-state index contributed by atoms with van der Waals surface area (Å²) in [5, 5.41) is 9.37. The number of anilines is 1. The summed E-state index contributed by atoms with van der Waals surface area (Å²) in [5.74, 6) is 0.373. The predicted octanol–water partition coefficient (Wildman–Crippen LogP) is 2.87. The molecular weight excluding hydrogens is 231 g/mol. The minimum atomic E-state index is -0.384. The van der Waals surface area contributed by atoms with Gasteiger partial charge in [0.15, 0.2) is 0 Å². The highest BCUT2D eigenvalue weighted by molar-refractivity contribution is 5.47. The van der Waals surface area contributed by atoms with Crippen LogP contribution in [0, 0.1) is 5.82 Å². The van der Waals surface area contributed by atoms with Gasteiger partial charge < -0.3 is 10.0 Å². The molecule has 0 amide bonds. The Kier molecular flexibility index (Phi) is 4.53. The van der Waals surface area contributed by atoms with E-state index in [1.165, 1.54) is 25.1 Å². The molecule has 1 aliphatic rings. The highest BCUT2D eigenvalue weighted by Crippen LogP contribution is 2.27. The van der Waals surface area contributed by atoms with E-state index < -0.39 is 0 Å². The Hall–Kier alpha value is -1.16. The van der Waals surface area contributed by atoms with Crippen LogP contribution >= 0.6 is 0 Å². The van der Waals surface area contributed by atoms with Crippen molar-refractivity contribution in [3.8, 4) is 0 Å². The fraction of sp³-hybridized carbons (Fsp3) is 0.643. The quantitative estimate of drug-likeness (QED) is 0.898. The number of halogens is 1. The van der Waals surface area contributed by atoms with Gasteiger partial charge in [-0.25, -0.2) is 9.37 Å². The van der Waals surface area contributed by atoms with Crippen molar-refractivity contribution in [1.82, 2.24) is 4.98 Å². The monoisotopic (exact) mass is 252 g/mol. The molecule has 0 saturated carbocycles. The molecule has 1 unspecified atom stereocenters. The van der Waals surface area contributed by atoms with Crippen molar-refractivity contribution >= 4 is 5.82 Å². The summed E-state index contributed by atoms with van der Waals surface area (Å²) in [4.78, 5) is 6.45.